The van der Waals surface area contributed by atoms with Gasteiger partial charge < -0.3 is 10.5 Å². The van der Waals surface area contributed by atoms with E-state index in [2.05, 4.69) is 9.59 Å². The zero-order valence-corrected chi connectivity index (χ0v) is 10.1. The number of hydrogen-bond acceptors (Lipinski definition) is 5. The number of ether oxygens (including phenoxy) is 1. The van der Waals surface area contributed by atoms with E-state index >= 15 is 0 Å². The Balaban J connectivity index is 1.70. The summed E-state index contributed by atoms with van der Waals surface area (Å²) in [7, 11) is 0. The average Bonchev–Trinajstić information content (AvgIpc) is 2.79. The van der Waals surface area contributed by atoms with E-state index in [0.29, 0.717) is 5.92 Å². The number of aromatic nitrogens is 2. The maximum atomic E-state index is 6.26. The summed E-state index contributed by atoms with van der Waals surface area (Å²) in [6.07, 6.45) is 5.89. The lowest BCUT2D eigenvalue weighted by atomic mass is 9.70. The van der Waals surface area contributed by atoms with Gasteiger partial charge in [0.1, 0.15) is 0 Å². The normalized spacial score (nSPS) is 29.9. The molecule has 16 heavy (non-hydrogen) atoms. The summed E-state index contributed by atoms with van der Waals surface area (Å²) < 4.78 is 9.80. The molecule has 2 unspecified atom stereocenters. The lowest BCUT2D eigenvalue weighted by molar-refractivity contribution is -0.146. The third-order valence-corrected chi connectivity index (χ3v) is 4.54. The van der Waals surface area contributed by atoms with Crippen molar-refractivity contribution in [2.45, 2.75) is 43.7 Å². The summed E-state index contributed by atoms with van der Waals surface area (Å²) in [5, 5.41) is 6.05. The Morgan fingerprint density at radius 3 is 3.06 bits per heavy atom. The predicted molar refractivity (Wildman–Crippen MR) is 62.1 cm³/mol. The zero-order chi connectivity index (χ0) is 11.0. The Hall–Kier alpha value is -0.520. The molecule has 3 rings (SSSR count). The maximum Gasteiger partial charge on any atom is 0.0925 e. The van der Waals surface area contributed by atoms with E-state index in [1.807, 2.05) is 5.38 Å². The number of hydrogen-bond donors (Lipinski definition) is 1. The Bertz CT molecular complexity index is 350. The van der Waals surface area contributed by atoms with Crippen LogP contribution >= 0.6 is 11.5 Å². The smallest absolute Gasteiger partial charge is 0.0925 e. The molecule has 1 aromatic heterocycles. The Labute approximate surface area is 99.3 Å². The van der Waals surface area contributed by atoms with Crippen molar-refractivity contribution in [1.82, 2.24) is 9.59 Å². The number of rotatable bonds is 2. The third-order valence-electron chi connectivity index (χ3n) is 4.02. The van der Waals surface area contributed by atoms with Crippen LogP contribution in [0.15, 0.2) is 5.38 Å². The van der Waals surface area contributed by atoms with Crippen LogP contribution in [0.4, 0.5) is 0 Å². The molecule has 5 heteroatoms. The van der Waals surface area contributed by atoms with E-state index < -0.39 is 0 Å². The van der Waals surface area contributed by atoms with E-state index in [4.69, 9.17) is 10.5 Å². The SMILES string of the molecule is NC(c1csnn1)C1CCOC2(CCC2)C1. The third kappa shape index (κ3) is 1.77. The minimum absolute atomic E-state index is 0.0418. The lowest BCUT2D eigenvalue weighted by Crippen LogP contribution is -2.47. The van der Waals surface area contributed by atoms with Gasteiger partial charge in [-0.15, -0.1) is 5.10 Å². The van der Waals surface area contributed by atoms with Gasteiger partial charge in [0, 0.05) is 12.0 Å². The average molecular weight is 239 g/mol. The Morgan fingerprint density at radius 1 is 1.56 bits per heavy atom. The molecule has 0 amide bonds. The lowest BCUT2D eigenvalue weighted by Gasteiger charge is -2.48. The van der Waals surface area contributed by atoms with E-state index in [1.54, 1.807) is 0 Å². The Kier molecular flexibility index (Phi) is 2.69. The van der Waals surface area contributed by atoms with Crippen LogP contribution in [0, 0.1) is 5.92 Å². The monoisotopic (exact) mass is 239 g/mol. The van der Waals surface area contributed by atoms with Crippen molar-refractivity contribution in [2.24, 2.45) is 11.7 Å². The van der Waals surface area contributed by atoms with Crippen molar-refractivity contribution in [1.29, 1.82) is 0 Å². The molecule has 2 N–H and O–H groups in total. The first-order valence-electron chi connectivity index (χ1n) is 5.96. The second-order valence-corrected chi connectivity index (χ2v) is 5.60. The van der Waals surface area contributed by atoms with Gasteiger partial charge in [0.2, 0.25) is 0 Å². The molecule has 1 aromatic rings. The quantitative estimate of drug-likeness (QED) is 0.856. The number of nitrogens with two attached hydrogens (primary N) is 1. The van der Waals surface area contributed by atoms with Crippen LogP contribution < -0.4 is 5.73 Å². The van der Waals surface area contributed by atoms with Crippen LogP contribution in [0.5, 0.6) is 0 Å². The summed E-state index contributed by atoms with van der Waals surface area (Å²) in [5.74, 6) is 0.512. The molecule has 1 saturated carbocycles. The fraction of sp³-hybridized carbons (Fsp3) is 0.818. The molecule has 88 valence electrons. The fourth-order valence-electron chi connectivity index (χ4n) is 2.85. The molecule has 1 aliphatic heterocycles. The van der Waals surface area contributed by atoms with Gasteiger partial charge in [0.25, 0.3) is 0 Å². The first kappa shape index (κ1) is 10.6. The van der Waals surface area contributed by atoms with E-state index in [-0.39, 0.29) is 11.6 Å². The van der Waals surface area contributed by atoms with Crippen molar-refractivity contribution in [2.75, 3.05) is 6.61 Å². The van der Waals surface area contributed by atoms with Gasteiger partial charge in [-0.25, -0.2) is 0 Å². The predicted octanol–water partition coefficient (Wildman–Crippen LogP) is 1.89. The summed E-state index contributed by atoms with van der Waals surface area (Å²) in [5.41, 5.74) is 7.38. The van der Waals surface area contributed by atoms with E-state index in [0.717, 1.165) is 25.1 Å². The molecule has 2 atom stereocenters. The molecular formula is C11H17N3OS. The largest absolute Gasteiger partial charge is 0.375 e. The minimum atomic E-state index is 0.0418. The zero-order valence-electron chi connectivity index (χ0n) is 9.26. The molecule has 0 bridgehead atoms. The summed E-state index contributed by atoms with van der Waals surface area (Å²) in [4.78, 5) is 0. The highest BCUT2D eigenvalue weighted by Crippen LogP contribution is 2.46. The van der Waals surface area contributed by atoms with Crippen LogP contribution in [-0.4, -0.2) is 21.8 Å². The molecule has 4 nitrogen and oxygen atoms in total. The first-order chi connectivity index (χ1) is 7.79. The fourth-order valence-corrected chi connectivity index (χ4v) is 3.35. The van der Waals surface area contributed by atoms with Gasteiger partial charge in [0.05, 0.1) is 17.3 Å². The van der Waals surface area contributed by atoms with Gasteiger partial charge >= 0.3 is 0 Å². The molecule has 2 heterocycles. The molecular weight excluding hydrogens is 222 g/mol. The highest BCUT2D eigenvalue weighted by molar-refractivity contribution is 7.03. The maximum absolute atomic E-state index is 6.26. The Morgan fingerprint density at radius 2 is 2.44 bits per heavy atom. The van der Waals surface area contributed by atoms with Crippen molar-refractivity contribution >= 4 is 11.5 Å². The molecule has 1 aliphatic carbocycles. The molecule has 0 aromatic carbocycles. The van der Waals surface area contributed by atoms with Crippen LogP contribution in [-0.2, 0) is 4.74 Å². The van der Waals surface area contributed by atoms with Crippen LogP contribution in [0.1, 0.15) is 43.8 Å². The molecule has 1 spiro atoms. The van der Waals surface area contributed by atoms with E-state index in [1.165, 1.54) is 30.8 Å². The van der Waals surface area contributed by atoms with Gasteiger partial charge in [-0.2, -0.15) is 0 Å². The minimum Gasteiger partial charge on any atom is -0.375 e. The number of nitrogens with zero attached hydrogens (tertiary/aromatic N) is 2. The van der Waals surface area contributed by atoms with Crippen LogP contribution in [0.2, 0.25) is 0 Å². The van der Waals surface area contributed by atoms with Gasteiger partial charge in [-0.3, -0.25) is 0 Å². The highest BCUT2D eigenvalue weighted by atomic mass is 32.1. The standard InChI is InChI=1S/C11H17N3OS/c12-10(9-7-16-14-13-9)8-2-5-15-11(6-8)3-1-4-11/h7-8,10H,1-6,12H2. The van der Waals surface area contributed by atoms with Gasteiger partial charge in [0.15, 0.2) is 0 Å². The van der Waals surface area contributed by atoms with Crippen molar-refractivity contribution in [3.05, 3.63) is 11.1 Å². The topological polar surface area (TPSA) is 61.0 Å². The molecule has 2 aliphatic rings. The molecule has 1 saturated heterocycles. The second-order valence-electron chi connectivity index (χ2n) is 4.99. The molecule has 0 radical (unpaired) electrons. The summed E-state index contributed by atoms with van der Waals surface area (Å²) in [6, 6.07) is 0.0418. The summed E-state index contributed by atoms with van der Waals surface area (Å²) >= 11 is 1.38. The van der Waals surface area contributed by atoms with Gasteiger partial charge in [-0.1, -0.05) is 4.49 Å². The van der Waals surface area contributed by atoms with Crippen molar-refractivity contribution < 1.29 is 4.74 Å². The van der Waals surface area contributed by atoms with E-state index in [9.17, 15) is 0 Å². The van der Waals surface area contributed by atoms with Crippen molar-refractivity contribution in [3.63, 3.8) is 0 Å². The molecule has 2 fully saturated rings. The van der Waals surface area contributed by atoms with Crippen LogP contribution in [0.3, 0.4) is 0 Å². The van der Waals surface area contributed by atoms with Gasteiger partial charge in [-0.05, 0) is 49.6 Å². The van der Waals surface area contributed by atoms with Crippen LogP contribution in [0.25, 0.3) is 0 Å². The first-order valence-corrected chi connectivity index (χ1v) is 6.79. The summed E-state index contributed by atoms with van der Waals surface area (Å²) in [6.45, 7) is 0.857. The second kappa shape index (κ2) is 4.05. The highest BCUT2D eigenvalue weighted by Gasteiger charge is 2.44. The van der Waals surface area contributed by atoms with Crippen molar-refractivity contribution in [3.8, 4) is 0 Å².